The van der Waals surface area contributed by atoms with Crippen LogP contribution >= 0.6 is 24.0 Å². The standard InChI is InChI=1S/C21H20N2O3S2/c1-21(2,3)15-11-9-14(10-12-15)18(24)22-23-19(25)17(28-20(23)27)8-4-6-16-7-5-13-26-16/h4-13H,1-3H3,(H,22,24). The van der Waals surface area contributed by atoms with Crippen LogP contribution in [0.4, 0.5) is 0 Å². The van der Waals surface area contributed by atoms with Crippen LogP contribution in [0.3, 0.4) is 0 Å². The van der Waals surface area contributed by atoms with E-state index in [9.17, 15) is 9.59 Å². The average Bonchev–Trinajstić information content (AvgIpc) is 3.25. The van der Waals surface area contributed by atoms with Gasteiger partial charge in [0.15, 0.2) is 4.32 Å². The molecule has 0 radical (unpaired) electrons. The maximum Gasteiger partial charge on any atom is 0.285 e. The molecule has 3 rings (SSSR count). The van der Waals surface area contributed by atoms with E-state index in [-0.39, 0.29) is 21.5 Å². The van der Waals surface area contributed by atoms with Gasteiger partial charge in [-0.05, 0) is 59.6 Å². The largest absolute Gasteiger partial charge is 0.465 e. The fourth-order valence-corrected chi connectivity index (χ4v) is 3.61. The zero-order chi connectivity index (χ0) is 20.3. The first kappa shape index (κ1) is 20.1. The molecule has 1 aromatic heterocycles. The van der Waals surface area contributed by atoms with Gasteiger partial charge < -0.3 is 4.42 Å². The first-order valence-corrected chi connectivity index (χ1v) is 9.88. The zero-order valence-electron chi connectivity index (χ0n) is 15.8. The van der Waals surface area contributed by atoms with E-state index in [0.717, 1.165) is 22.3 Å². The molecule has 1 fully saturated rings. The van der Waals surface area contributed by atoms with Crippen LogP contribution in [-0.2, 0) is 10.2 Å². The van der Waals surface area contributed by atoms with Crippen LogP contribution in [0.5, 0.6) is 0 Å². The minimum atomic E-state index is -0.385. The molecule has 7 heteroatoms. The molecule has 1 aromatic carbocycles. The monoisotopic (exact) mass is 412 g/mol. The van der Waals surface area contributed by atoms with Gasteiger partial charge in [-0.15, -0.1) is 0 Å². The number of carbonyl (C=O) groups is 2. The predicted octanol–water partition coefficient (Wildman–Crippen LogP) is 4.68. The number of rotatable bonds is 4. The Morgan fingerprint density at radius 1 is 1.21 bits per heavy atom. The fourth-order valence-electron chi connectivity index (χ4n) is 2.48. The molecule has 0 spiro atoms. The summed E-state index contributed by atoms with van der Waals surface area (Å²) in [6.45, 7) is 6.32. The van der Waals surface area contributed by atoms with E-state index in [4.69, 9.17) is 16.6 Å². The van der Waals surface area contributed by atoms with Crippen LogP contribution in [-0.4, -0.2) is 21.1 Å². The lowest BCUT2D eigenvalue weighted by atomic mass is 9.87. The summed E-state index contributed by atoms with van der Waals surface area (Å²) in [5.74, 6) is -0.0679. The smallest absolute Gasteiger partial charge is 0.285 e. The Hall–Kier alpha value is -2.64. The highest BCUT2D eigenvalue weighted by Crippen LogP contribution is 2.30. The van der Waals surface area contributed by atoms with Gasteiger partial charge in [-0.3, -0.25) is 15.0 Å². The Morgan fingerprint density at radius 3 is 2.54 bits per heavy atom. The molecule has 5 nitrogen and oxygen atoms in total. The lowest BCUT2D eigenvalue weighted by Crippen LogP contribution is -2.44. The molecule has 1 N–H and O–H groups in total. The summed E-state index contributed by atoms with van der Waals surface area (Å²) in [6.07, 6.45) is 6.66. The number of nitrogens with one attached hydrogen (secondary N) is 1. The molecule has 2 amide bonds. The maximum atomic E-state index is 12.5. The van der Waals surface area contributed by atoms with Crippen LogP contribution < -0.4 is 5.43 Å². The number of hydrogen-bond acceptors (Lipinski definition) is 5. The van der Waals surface area contributed by atoms with Crippen molar-refractivity contribution in [1.29, 1.82) is 0 Å². The minimum absolute atomic E-state index is 0.000982. The number of carbonyl (C=O) groups excluding carboxylic acids is 2. The number of nitrogens with zero attached hydrogens (tertiary/aromatic N) is 1. The van der Waals surface area contributed by atoms with Crippen LogP contribution in [0.2, 0.25) is 0 Å². The lowest BCUT2D eigenvalue weighted by Gasteiger charge is -2.19. The first-order chi connectivity index (χ1) is 13.3. The number of thiocarbonyl (C=S) groups is 1. The molecule has 0 aliphatic carbocycles. The van der Waals surface area contributed by atoms with Gasteiger partial charge >= 0.3 is 0 Å². The van der Waals surface area contributed by atoms with Crippen molar-refractivity contribution in [2.45, 2.75) is 26.2 Å². The molecule has 1 saturated heterocycles. The number of benzene rings is 1. The van der Waals surface area contributed by atoms with Crippen molar-refractivity contribution in [3.63, 3.8) is 0 Å². The van der Waals surface area contributed by atoms with Crippen molar-refractivity contribution < 1.29 is 14.0 Å². The highest BCUT2D eigenvalue weighted by Gasteiger charge is 2.33. The van der Waals surface area contributed by atoms with E-state index < -0.39 is 0 Å². The second-order valence-corrected chi connectivity index (χ2v) is 8.86. The van der Waals surface area contributed by atoms with E-state index in [1.54, 1.807) is 48.8 Å². The maximum absolute atomic E-state index is 12.5. The van der Waals surface area contributed by atoms with Crippen LogP contribution in [0.25, 0.3) is 6.08 Å². The summed E-state index contributed by atoms with van der Waals surface area (Å²) >= 11 is 6.37. The van der Waals surface area contributed by atoms with E-state index >= 15 is 0 Å². The number of hydrogen-bond donors (Lipinski definition) is 1. The number of furan rings is 1. The summed E-state index contributed by atoms with van der Waals surface area (Å²) in [4.78, 5) is 25.5. The highest BCUT2D eigenvalue weighted by molar-refractivity contribution is 8.26. The Bertz CT molecular complexity index is 953. The molecule has 2 aromatic rings. The van der Waals surface area contributed by atoms with Crippen LogP contribution in [0, 0.1) is 0 Å². The third-order valence-corrected chi connectivity index (χ3v) is 5.39. The Kier molecular flexibility index (Phi) is 5.86. The molecule has 0 unspecified atom stereocenters. The topological polar surface area (TPSA) is 62.6 Å². The third kappa shape index (κ3) is 4.61. The van der Waals surface area contributed by atoms with Gasteiger partial charge in [-0.25, -0.2) is 0 Å². The molecule has 1 aliphatic rings. The van der Waals surface area contributed by atoms with Crippen LogP contribution in [0.1, 0.15) is 42.5 Å². The Morgan fingerprint density at radius 2 is 1.93 bits per heavy atom. The predicted molar refractivity (Wildman–Crippen MR) is 115 cm³/mol. The minimum Gasteiger partial charge on any atom is -0.465 e. The average molecular weight is 413 g/mol. The zero-order valence-corrected chi connectivity index (χ0v) is 17.4. The molecule has 0 saturated carbocycles. The van der Waals surface area contributed by atoms with Crippen molar-refractivity contribution in [2.75, 3.05) is 0 Å². The summed E-state index contributed by atoms with van der Waals surface area (Å²) < 4.78 is 5.48. The van der Waals surface area contributed by atoms with Gasteiger partial charge in [0.05, 0.1) is 11.2 Å². The normalized spacial score (nSPS) is 16.4. The van der Waals surface area contributed by atoms with E-state index in [2.05, 4.69) is 26.2 Å². The molecule has 28 heavy (non-hydrogen) atoms. The number of allylic oxidation sites excluding steroid dienone is 2. The van der Waals surface area contributed by atoms with Crippen molar-refractivity contribution >= 4 is 46.2 Å². The molecule has 0 atom stereocenters. The Balaban J connectivity index is 1.67. The fraction of sp³-hybridized carbons (Fsp3) is 0.190. The molecule has 144 valence electrons. The van der Waals surface area contributed by atoms with Gasteiger partial charge in [0.2, 0.25) is 0 Å². The van der Waals surface area contributed by atoms with Crippen molar-refractivity contribution in [3.8, 4) is 0 Å². The SMILES string of the molecule is CC(C)(C)c1ccc(C(=O)NN2C(=O)C(=CC=Cc3ccco3)SC2=S)cc1. The third-order valence-electron chi connectivity index (χ3n) is 4.07. The molecule has 0 bridgehead atoms. The van der Waals surface area contributed by atoms with E-state index in [1.807, 2.05) is 12.1 Å². The first-order valence-electron chi connectivity index (χ1n) is 8.65. The van der Waals surface area contributed by atoms with E-state index in [0.29, 0.717) is 16.2 Å². The van der Waals surface area contributed by atoms with Crippen LogP contribution in [0.15, 0.2) is 64.1 Å². The van der Waals surface area contributed by atoms with E-state index in [1.165, 1.54) is 0 Å². The van der Waals surface area contributed by atoms with Gasteiger partial charge in [-0.2, -0.15) is 5.01 Å². The molecular weight excluding hydrogens is 392 g/mol. The van der Waals surface area contributed by atoms with Gasteiger partial charge in [0, 0.05) is 5.56 Å². The summed E-state index contributed by atoms with van der Waals surface area (Å²) in [6, 6.07) is 10.9. The second-order valence-electron chi connectivity index (χ2n) is 7.18. The lowest BCUT2D eigenvalue weighted by molar-refractivity contribution is -0.123. The molecule has 1 aliphatic heterocycles. The van der Waals surface area contributed by atoms with Gasteiger partial charge in [0.1, 0.15) is 5.76 Å². The Labute approximate surface area is 173 Å². The van der Waals surface area contributed by atoms with Crippen molar-refractivity contribution in [3.05, 3.63) is 76.6 Å². The number of amides is 2. The summed E-state index contributed by atoms with van der Waals surface area (Å²) in [5.41, 5.74) is 4.17. The van der Waals surface area contributed by atoms with Gasteiger partial charge in [-0.1, -0.05) is 50.7 Å². The summed E-state index contributed by atoms with van der Waals surface area (Å²) in [5, 5.41) is 1.10. The second kappa shape index (κ2) is 8.16. The van der Waals surface area contributed by atoms with Crippen molar-refractivity contribution in [1.82, 2.24) is 10.4 Å². The highest BCUT2D eigenvalue weighted by atomic mass is 32.2. The quantitative estimate of drug-likeness (QED) is 0.584. The molecule has 2 heterocycles. The number of hydrazine groups is 1. The number of thioether (sulfide) groups is 1. The van der Waals surface area contributed by atoms with Crippen molar-refractivity contribution in [2.24, 2.45) is 0 Å². The van der Waals surface area contributed by atoms with Gasteiger partial charge in [0.25, 0.3) is 11.8 Å². The summed E-state index contributed by atoms with van der Waals surface area (Å²) in [7, 11) is 0. The molecular formula is C21H20N2O3S2.